The number of hydrogen-bond acceptors (Lipinski definition) is 5. The molecule has 0 unspecified atom stereocenters. The Hall–Kier alpha value is -2.83. The van der Waals surface area contributed by atoms with Crippen LogP contribution in [0.1, 0.15) is 34.6 Å². The molecule has 0 spiro atoms. The fourth-order valence-electron chi connectivity index (χ4n) is 2.50. The number of aryl methyl sites for hydroxylation is 4. The number of nitrogens with one attached hydrogen (secondary N) is 2. The van der Waals surface area contributed by atoms with E-state index in [1.54, 1.807) is 6.92 Å². The first-order valence-electron chi connectivity index (χ1n) is 8.07. The van der Waals surface area contributed by atoms with Gasteiger partial charge >= 0.3 is 0 Å². The molecular formula is C18H23N3O4. The Morgan fingerprint density at radius 1 is 1.08 bits per heavy atom. The lowest BCUT2D eigenvalue weighted by Gasteiger charge is -2.12. The van der Waals surface area contributed by atoms with E-state index in [1.165, 1.54) is 0 Å². The van der Waals surface area contributed by atoms with Gasteiger partial charge in [0.15, 0.2) is 6.61 Å². The summed E-state index contributed by atoms with van der Waals surface area (Å²) in [4.78, 5) is 23.6. The maximum absolute atomic E-state index is 11.8. The van der Waals surface area contributed by atoms with Crippen molar-refractivity contribution in [1.82, 2.24) is 16.0 Å². The Morgan fingerprint density at radius 3 is 2.32 bits per heavy atom. The molecule has 0 atom stereocenters. The van der Waals surface area contributed by atoms with Gasteiger partial charge in [-0.25, -0.2) is 0 Å². The summed E-state index contributed by atoms with van der Waals surface area (Å²) in [6.45, 7) is 7.29. The topological polar surface area (TPSA) is 93.5 Å². The molecule has 2 aromatic rings. The van der Waals surface area contributed by atoms with Crippen LogP contribution in [0.4, 0.5) is 0 Å². The zero-order valence-corrected chi connectivity index (χ0v) is 14.9. The minimum absolute atomic E-state index is 0.171. The Labute approximate surface area is 146 Å². The average molecular weight is 345 g/mol. The minimum Gasteiger partial charge on any atom is -0.483 e. The van der Waals surface area contributed by atoms with E-state index in [0.717, 1.165) is 22.4 Å². The van der Waals surface area contributed by atoms with Crippen LogP contribution in [0, 0.1) is 27.7 Å². The highest BCUT2D eigenvalue weighted by atomic mass is 16.5. The van der Waals surface area contributed by atoms with Crippen LogP contribution in [0.3, 0.4) is 0 Å². The van der Waals surface area contributed by atoms with Gasteiger partial charge in [0.05, 0.1) is 5.69 Å². The lowest BCUT2D eigenvalue weighted by molar-refractivity contribution is -0.130. The Morgan fingerprint density at radius 2 is 1.72 bits per heavy atom. The van der Waals surface area contributed by atoms with Crippen LogP contribution in [0.2, 0.25) is 0 Å². The van der Waals surface area contributed by atoms with E-state index < -0.39 is 5.91 Å². The second-order valence-corrected chi connectivity index (χ2v) is 5.91. The third kappa shape index (κ3) is 5.07. The van der Waals surface area contributed by atoms with Crippen LogP contribution in [-0.4, -0.2) is 23.6 Å². The summed E-state index contributed by atoms with van der Waals surface area (Å²) in [6, 6.07) is 5.75. The molecule has 0 radical (unpaired) electrons. The quantitative estimate of drug-likeness (QED) is 0.782. The Bertz CT molecular complexity index is 728. The molecule has 134 valence electrons. The van der Waals surface area contributed by atoms with Crippen LogP contribution < -0.4 is 15.6 Å². The molecule has 0 fully saturated rings. The van der Waals surface area contributed by atoms with Gasteiger partial charge in [0.25, 0.3) is 5.91 Å². The molecule has 7 heteroatoms. The minimum atomic E-state index is -0.423. The van der Waals surface area contributed by atoms with Crippen LogP contribution in [0.15, 0.2) is 22.7 Å². The fourth-order valence-corrected chi connectivity index (χ4v) is 2.50. The van der Waals surface area contributed by atoms with Gasteiger partial charge in [-0.1, -0.05) is 23.4 Å². The van der Waals surface area contributed by atoms with Crippen molar-refractivity contribution in [1.29, 1.82) is 0 Å². The second-order valence-electron chi connectivity index (χ2n) is 5.91. The number of aromatic nitrogens is 1. The van der Waals surface area contributed by atoms with Crippen molar-refractivity contribution in [3.05, 3.63) is 46.3 Å². The van der Waals surface area contributed by atoms with Crippen molar-refractivity contribution in [3.8, 4) is 5.75 Å². The first-order chi connectivity index (χ1) is 11.9. The van der Waals surface area contributed by atoms with Gasteiger partial charge in [-0.2, -0.15) is 0 Å². The normalized spacial score (nSPS) is 10.4. The average Bonchev–Trinajstić information content (AvgIpc) is 2.89. The lowest BCUT2D eigenvalue weighted by atomic mass is 10.1. The van der Waals surface area contributed by atoms with Crippen LogP contribution in [0.5, 0.6) is 5.75 Å². The molecule has 2 N–H and O–H groups in total. The van der Waals surface area contributed by atoms with Gasteiger partial charge in [0.2, 0.25) is 5.91 Å². The van der Waals surface area contributed by atoms with Crippen molar-refractivity contribution in [3.63, 3.8) is 0 Å². The molecule has 1 heterocycles. The molecule has 0 saturated heterocycles. The number of amides is 2. The summed E-state index contributed by atoms with van der Waals surface area (Å²) >= 11 is 0. The number of carbonyl (C=O) groups is 2. The van der Waals surface area contributed by atoms with Crippen molar-refractivity contribution in [2.45, 2.75) is 40.5 Å². The summed E-state index contributed by atoms with van der Waals surface area (Å²) in [5, 5.41) is 3.84. The highest BCUT2D eigenvalue weighted by Gasteiger charge is 2.12. The largest absolute Gasteiger partial charge is 0.483 e. The second kappa shape index (κ2) is 8.32. The standard InChI is InChI=1S/C18H23N3O4/c1-11-6-5-7-12(2)18(11)24-10-17(23)20-19-16(22)9-8-15-13(3)21-25-14(15)4/h5-7H,8-10H2,1-4H3,(H,19,22)(H,20,23). The number of hydrogen-bond donors (Lipinski definition) is 2. The zero-order chi connectivity index (χ0) is 18.4. The predicted octanol–water partition coefficient (Wildman–Crippen LogP) is 2.07. The maximum atomic E-state index is 11.8. The number of ether oxygens (including phenoxy) is 1. The highest BCUT2D eigenvalue weighted by Crippen LogP contribution is 2.21. The Kier molecular flexibility index (Phi) is 6.16. The number of rotatable bonds is 6. The summed E-state index contributed by atoms with van der Waals surface area (Å²) in [5.74, 6) is 0.674. The molecule has 7 nitrogen and oxygen atoms in total. The van der Waals surface area contributed by atoms with E-state index in [4.69, 9.17) is 9.26 Å². The first-order valence-corrected chi connectivity index (χ1v) is 8.07. The summed E-state index contributed by atoms with van der Waals surface area (Å²) in [6.07, 6.45) is 0.725. The van der Waals surface area contributed by atoms with E-state index in [-0.39, 0.29) is 18.9 Å². The van der Waals surface area contributed by atoms with Crippen molar-refractivity contribution in [2.24, 2.45) is 0 Å². The molecular weight excluding hydrogens is 322 g/mol. The summed E-state index contributed by atoms with van der Waals surface area (Å²) in [5.41, 5.74) is 8.33. The van der Waals surface area contributed by atoms with Gasteiger partial charge in [0, 0.05) is 12.0 Å². The zero-order valence-electron chi connectivity index (χ0n) is 14.9. The van der Waals surface area contributed by atoms with Gasteiger partial charge in [-0.05, 0) is 45.2 Å². The molecule has 0 aliphatic heterocycles. The summed E-state index contributed by atoms with van der Waals surface area (Å²) < 4.78 is 10.6. The first kappa shape index (κ1) is 18.5. The number of nitrogens with zero attached hydrogens (tertiary/aromatic N) is 1. The highest BCUT2D eigenvalue weighted by molar-refractivity contribution is 5.82. The summed E-state index contributed by atoms with van der Waals surface area (Å²) in [7, 11) is 0. The van der Waals surface area contributed by atoms with Crippen molar-refractivity contribution >= 4 is 11.8 Å². The van der Waals surface area contributed by atoms with E-state index in [0.29, 0.717) is 17.9 Å². The van der Waals surface area contributed by atoms with E-state index in [1.807, 2.05) is 39.0 Å². The number of hydrazine groups is 1. The SMILES string of the molecule is Cc1cccc(C)c1OCC(=O)NNC(=O)CCc1c(C)noc1C. The van der Waals surface area contributed by atoms with Gasteiger partial charge < -0.3 is 9.26 Å². The van der Waals surface area contributed by atoms with Gasteiger partial charge in [0.1, 0.15) is 11.5 Å². The number of benzene rings is 1. The van der Waals surface area contributed by atoms with Gasteiger partial charge in [-0.3, -0.25) is 20.4 Å². The molecule has 25 heavy (non-hydrogen) atoms. The molecule has 1 aromatic heterocycles. The molecule has 0 saturated carbocycles. The molecule has 0 aliphatic carbocycles. The van der Waals surface area contributed by atoms with Crippen molar-refractivity contribution < 1.29 is 18.8 Å². The predicted molar refractivity (Wildman–Crippen MR) is 92.0 cm³/mol. The molecule has 2 amide bonds. The van der Waals surface area contributed by atoms with E-state index in [9.17, 15) is 9.59 Å². The third-order valence-corrected chi connectivity index (χ3v) is 3.88. The van der Waals surface area contributed by atoms with E-state index >= 15 is 0 Å². The van der Waals surface area contributed by atoms with Gasteiger partial charge in [-0.15, -0.1) is 0 Å². The molecule has 2 rings (SSSR count). The fraction of sp³-hybridized carbons (Fsp3) is 0.389. The van der Waals surface area contributed by atoms with Crippen molar-refractivity contribution in [2.75, 3.05) is 6.61 Å². The maximum Gasteiger partial charge on any atom is 0.276 e. The Balaban J connectivity index is 1.73. The molecule has 0 bridgehead atoms. The lowest BCUT2D eigenvalue weighted by Crippen LogP contribution is -2.44. The number of carbonyl (C=O) groups excluding carboxylic acids is 2. The van der Waals surface area contributed by atoms with Crippen LogP contribution in [-0.2, 0) is 16.0 Å². The molecule has 0 aliphatic rings. The van der Waals surface area contributed by atoms with Crippen LogP contribution >= 0.6 is 0 Å². The number of para-hydroxylation sites is 1. The monoisotopic (exact) mass is 345 g/mol. The van der Waals surface area contributed by atoms with E-state index in [2.05, 4.69) is 16.0 Å². The third-order valence-electron chi connectivity index (χ3n) is 3.88. The smallest absolute Gasteiger partial charge is 0.276 e. The van der Waals surface area contributed by atoms with Crippen LogP contribution in [0.25, 0.3) is 0 Å². The molecule has 1 aromatic carbocycles.